The predicted molar refractivity (Wildman–Crippen MR) is 89.6 cm³/mol. The first kappa shape index (κ1) is 17.2. The fourth-order valence-corrected chi connectivity index (χ4v) is 2.66. The number of fused-ring (bicyclic) bond motifs is 1. The molecule has 2 aromatic carbocycles. The Labute approximate surface area is 147 Å². The van der Waals surface area contributed by atoms with E-state index in [1.165, 1.54) is 18.2 Å². The molecule has 0 bridgehead atoms. The number of hydrogen-bond donors (Lipinski definition) is 1. The van der Waals surface area contributed by atoms with Gasteiger partial charge in [0.25, 0.3) is 5.91 Å². The van der Waals surface area contributed by atoms with Gasteiger partial charge in [-0.2, -0.15) is 13.2 Å². The van der Waals surface area contributed by atoms with Crippen molar-refractivity contribution in [2.75, 3.05) is 5.32 Å². The Kier molecular flexibility index (Phi) is 4.38. The van der Waals surface area contributed by atoms with Crippen LogP contribution in [0.25, 0.3) is 11.0 Å². The molecule has 0 fully saturated rings. The lowest BCUT2D eigenvalue weighted by atomic mass is 10.1. The normalized spacial score (nSPS) is 11.5. The summed E-state index contributed by atoms with van der Waals surface area (Å²) in [6.07, 6.45) is -4.64. The summed E-state index contributed by atoms with van der Waals surface area (Å²) in [5.41, 5.74) is -2.50. The SMILES string of the molecule is O=C(Nc1ccccc1C(F)(F)F)c1cc2cc(Br)ccc2oc1=O. The fraction of sp³-hybridized carbons (Fsp3) is 0.0588. The standard InChI is InChI=1S/C17H9BrF3NO3/c18-10-5-6-14-9(7-10)8-11(16(24)25-14)15(23)22-13-4-2-1-3-12(13)17(19,20)21/h1-8H,(H,22,23). The Hall–Kier alpha value is -2.61. The monoisotopic (exact) mass is 411 g/mol. The highest BCUT2D eigenvalue weighted by molar-refractivity contribution is 9.10. The van der Waals surface area contributed by atoms with Crippen molar-refractivity contribution < 1.29 is 22.4 Å². The summed E-state index contributed by atoms with van der Waals surface area (Å²) in [5.74, 6) is -0.979. The third-order valence-corrected chi connectivity index (χ3v) is 3.91. The molecule has 0 aliphatic heterocycles. The van der Waals surface area contributed by atoms with E-state index in [9.17, 15) is 22.8 Å². The van der Waals surface area contributed by atoms with Gasteiger partial charge in [0.05, 0.1) is 11.3 Å². The number of rotatable bonds is 2. The lowest BCUT2D eigenvalue weighted by molar-refractivity contribution is -0.136. The lowest BCUT2D eigenvalue weighted by Crippen LogP contribution is -2.22. The van der Waals surface area contributed by atoms with Crippen LogP contribution >= 0.6 is 15.9 Å². The van der Waals surface area contributed by atoms with Crippen molar-refractivity contribution in [1.82, 2.24) is 0 Å². The molecule has 0 unspecified atom stereocenters. The number of hydrogen-bond acceptors (Lipinski definition) is 3. The van der Waals surface area contributed by atoms with Crippen molar-refractivity contribution >= 4 is 38.5 Å². The number of amides is 1. The zero-order chi connectivity index (χ0) is 18.2. The molecule has 0 atom stereocenters. The number of carbonyl (C=O) groups is 1. The van der Waals surface area contributed by atoms with Crippen LogP contribution in [0.5, 0.6) is 0 Å². The van der Waals surface area contributed by atoms with Crippen LogP contribution in [0.3, 0.4) is 0 Å². The Bertz CT molecular complexity index is 1030. The largest absolute Gasteiger partial charge is 0.422 e. The Morgan fingerprint density at radius 2 is 1.80 bits per heavy atom. The summed E-state index contributed by atoms with van der Waals surface area (Å²) in [4.78, 5) is 24.3. The first-order chi connectivity index (χ1) is 11.8. The first-order valence-corrected chi connectivity index (χ1v) is 7.76. The number of para-hydroxylation sites is 1. The summed E-state index contributed by atoms with van der Waals surface area (Å²) < 4.78 is 44.7. The molecular weight excluding hydrogens is 403 g/mol. The molecule has 25 heavy (non-hydrogen) atoms. The van der Waals surface area contributed by atoms with Crippen LogP contribution in [0.2, 0.25) is 0 Å². The van der Waals surface area contributed by atoms with Crippen molar-refractivity contribution in [1.29, 1.82) is 0 Å². The molecule has 1 N–H and O–H groups in total. The van der Waals surface area contributed by atoms with E-state index in [0.29, 0.717) is 9.86 Å². The van der Waals surface area contributed by atoms with Gasteiger partial charge in [-0.3, -0.25) is 4.79 Å². The third-order valence-electron chi connectivity index (χ3n) is 3.42. The molecule has 0 radical (unpaired) electrons. The first-order valence-electron chi connectivity index (χ1n) is 6.97. The minimum atomic E-state index is -4.64. The summed E-state index contributed by atoms with van der Waals surface area (Å²) in [7, 11) is 0. The van der Waals surface area contributed by atoms with Gasteiger partial charge in [-0.1, -0.05) is 28.1 Å². The number of benzene rings is 2. The second-order valence-electron chi connectivity index (χ2n) is 5.13. The highest BCUT2D eigenvalue weighted by Gasteiger charge is 2.33. The van der Waals surface area contributed by atoms with E-state index in [1.54, 1.807) is 18.2 Å². The van der Waals surface area contributed by atoms with E-state index in [0.717, 1.165) is 12.1 Å². The summed E-state index contributed by atoms with van der Waals surface area (Å²) in [6, 6.07) is 10.6. The minimum absolute atomic E-state index is 0.264. The molecule has 1 aromatic heterocycles. The molecule has 0 saturated carbocycles. The fourth-order valence-electron chi connectivity index (χ4n) is 2.28. The number of alkyl halides is 3. The van der Waals surface area contributed by atoms with Gasteiger partial charge < -0.3 is 9.73 Å². The van der Waals surface area contributed by atoms with Gasteiger partial charge >= 0.3 is 11.8 Å². The van der Waals surface area contributed by atoms with Gasteiger partial charge in [0.2, 0.25) is 0 Å². The Balaban J connectivity index is 2.01. The van der Waals surface area contributed by atoms with Crippen LogP contribution in [-0.4, -0.2) is 5.91 Å². The minimum Gasteiger partial charge on any atom is -0.422 e. The van der Waals surface area contributed by atoms with Crippen molar-refractivity contribution in [3.8, 4) is 0 Å². The smallest absolute Gasteiger partial charge is 0.418 e. The van der Waals surface area contributed by atoms with Gasteiger partial charge in [-0.05, 0) is 36.4 Å². The maximum absolute atomic E-state index is 13.0. The zero-order valence-electron chi connectivity index (χ0n) is 12.4. The Morgan fingerprint density at radius 3 is 2.52 bits per heavy atom. The van der Waals surface area contributed by atoms with E-state index < -0.39 is 29.0 Å². The number of nitrogens with one attached hydrogen (secondary N) is 1. The van der Waals surface area contributed by atoms with Gasteiger partial charge in [0.1, 0.15) is 11.1 Å². The van der Waals surface area contributed by atoms with Crippen LogP contribution < -0.4 is 10.9 Å². The zero-order valence-corrected chi connectivity index (χ0v) is 13.9. The van der Waals surface area contributed by atoms with Gasteiger partial charge in [0.15, 0.2) is 0 Å². The van der Waals surface area contributed by atoms with E-state index in [4.69, 9.17) is 4.42 Å². The molecule has 4 nitrogen and oxygen atoms in total. The Morgan fingerprint density at radius 1 is 1.08 bits per heavy atom. The van der Waals surface area contributed by atoms with E-state index >= 15 is 0 Å². The molecule has 8 heteroatoms. The maximum Gasteiger partial charge on any atom is 0.418 e. The van der Waals surface area contributed by atoms with Crippen molar-refractivity contribution in [3.63, 3.8) is 0 Å². The molecule has 128 valence electrons. The van der Waals surface area contributed by atoms with Crippen LogP contribution in [0.15, 0.2) is 62.2 Å². The number of anilines is 1. The second kappa shape index (κ2) is 6.36. The van der Waals surface area contributed by atoms with E-state index in [1.807, 2.05) is 0 Å². The third kappa shape index (κ3) is 3.58. The maximum atomic E-state index is 13.0. The molecule has 3 aromatic rings. The number of halogens is 4. The predicted octanol–water partition coefficient (Wildman–Crippen LogP) is 4.83. The van der Waals surface area contributed by atoms with Crippen molar-refractivity contribution in [2.24, 2.45) is 0 Å². The van der Waals surface area contributed by atoms with E-state index in [2.05, 4.69) is 21.2 Å². The lowest BCUT2D eigenvalue weighted by Gasteiger charge is -2.13. The van der Waals surface area contributed by atoms with Crippen molar-refractivity contribution in [2.45, 2.75) is 6.18 Å². The van der Waals surface area contributed by atoms with Gasteiger partial charge in [-0.15, -0.1) is 0 Å². The topological polar surface area (TPSA) is 59.3 Å². The molecule has 0 aliphatic carbocycles. The molecule has 0 aliphatic rings. The van der Waals surface area contributed by atoms with Crippen LogP contribution in [-0.2, 0) is 6.18 Å². The number of carbonyl (C=O) groups excluding carboxylic acids is 1. The quantitative estimate of drug-likeness (QED) is 0.614. The molecule has 3 rings (SSSR count). The molecule has 0 spiro atoms. The van der Waals surface area contributed by atoms with Crippen LogP contribution in [0, 0.1) is 0 Å². The molecule has 0 saturated heterocycles. The average molecular weight is 412 g/mol. The van der Waals surface area contributed by atoms with Gasteiger partial charge in [-0.25, -0.2) is 4.79 Å². The van der Waals surface area contributed by atoms with Crippen LogP contribution in [0.1, 0.15) is 15.9 Å². The van der Waals surface area contributed by atoms with Gasteiger partial charge in [0, 0.05) is 9.86 Å². The molecular formula is C17H9BrF3NO3. The summed E-state index contributed by atoms with van der Waals surface area (Å²) in [5, 5.41) is 2.58. The van der Waals surface area contributed by atoms with E-state index in [-0.39, 0.29) is 11.1 Å². The van der Waals surface area contributed by atoms with Crippen molar-refractivity contribution in [3.05, 3.63) is 74.6 Å². The molecule has 1 amide bonds. The average Bonchev–Trinajstić information content (AvgIpc) is 2.54. The summed E-state index contributed by atoms with van der Waals surface area (Å²) >= 11 is 3.25. The second-order valence-corrected chi connectivity index (χ2v) is 6.04. The highest BCUT2D eigenvalue weighted by atomic mass is 79.9. The van der Waals surface area contributed by atoms with Crippen LogP contribution in [0.4, 0.5) is 18.9 Å². The summed E-state index contributed by atoms with van der Waals surface area (Å²) in [6.45, 7) is 0. The molecule has 1 heterocycles. The highest BCUT2D eigenvalue weighted by Crippen LogP contribution is 2.34.